The fraction of sp³-hybridized carbons (Fsp3) is 0.0833. The lowest BCUT2D eigenvalue weighted by atomic mass is 10.2. The van der Waals surface area contributed by atoms with Gasteiger partial charge in [-0.3, -0.25) is 0 Å². The Bertz CT molecular complexity index is 366. The van der Waals surface area contributed by atoms with Crippen LogP contribution >= 0.6 is 0 Å². The third-order valence-corrected chi connectivity index (χ3v) is 1.71. The average Bonchev–Trinajstić information content (AvgIpc) is 2.27. The average molecular weight is 204 g/mol. The maximum Gasteiger partial charge on any atom is 0.378 e. The van der Waals surface area contributed by atoms with Crippen molar-refractivity contribution in [3.63, 3.8) is 0 Å². The van der Waals surface area contributed by atoms with Crippen LogP contribution in [0.25, 0.3) is 6.08 Å². The third-order valence-electron chi connectivity index (χ3n) is 1.71. The Hall–Kier alpha value is -2.03. The molecule has 0 aliphatic rings. The summed E-state index contributed by atoms with van der Waals surface area (Å²) in [7, 11) is 1.42. The highest BCUT2D eigenvalue weighted by Gasteiger charge is 2.09. The van der Waals surface area contributed by atoms with Gasteiger partial charge in [-0.1, -0.05) is 36.9 Å². The molecule has 0 saturated carbocycles. The van der Waals surface area contributed by atoms with Crippen LogP contribution in [0.2, 0.25) is 0 Å². The van der Waals surface area contributed by atoms with Gasteiger partial charge in [-0.2, -0.15) is 0 Å². The number of hydrogen-bond acceptors (Lipinski definition) is 3. The van der Waals surface area contributed by atoms with Crippen molar-refractivity contribution < 1.29 is 14.3 Å². The minimum Gasteiger partial charge on any atom is -0.490 e. The molecule has 0 spiro atoms. The fourth-order valence-corrected chi connectivity index (χ4v) is 1.04. The Balaban J connectivity index is 2.87. The molecule has 0 atom stereocenters. The number of methoxy groups -OCH3 is 1. The van der Waals surface area contributed by atoms with Crippen molar-refractivity contribution in [2.24, 2.45) is 0 Å². The molecule has 15 heavy (non-hydrogen) atoms. The number of esters is 1. The largest absolute Gasteiger partial charge is 0.490 e. The second kappa shape index (κ2) is 5.65. The van der Waals surface area contributed by atoms with Crippen LogP contribution in [-0.2, 0) is 14.3 Å². The highest BCUT2D eigenvalue weighted by atomic mass is 16.6. The van der Waals surface area contributed by atoms with Gasteiger partial charge < -0.3 is 9.47 Å². The Morgan fingerprint density at radius 2 is 2.00 bits per heavy atom. The van der Waals surface area contributed by atoms with E-state index in [9.17, 15) is 4.79 Å². The number of carbonyl (C=O) groups is 1. The van der Waals surface area contributed by atoms with E-state index >= 15 is 0 Å². The van der Waals surface area contributed by atoms with E-state index < -0.39 is 5.97 Å². The van der Waals surface area contributed by atoms with Crippen molar-refractivity contribution in [3.05, 3.63) is 54.5 Å². The molecule has 0 aliphatic carbocycles. The van der Waals surface area contributed by atoms with Gasteiger partial charge in [0.25, 0.3) is 0 Å². The van der Waals surface area contributed by atoms with Crippen LogP contribution < -0.4 is 0 Å². The van der Waals surface area contributed by atoms with Crippen LogP contribution in [0.5, 0.6) is 0 Å². The summed E-state index contributed by atoms with van der Waals surface area (Å²) >= 11 is 0. The van der Waals surface area contributed by atoms with Crippen molar-refractivity contribution in [1.82, 2.24) is 0 Å². The monoisotopic (exact) mass is 204 g/mol. The zero-order valence-electron chi connectivity index (χ0n) is 8.47. The predicted molar refractivity (Wildman–Crippen MR) is 57.7 cm³/mol. The van der Waals surface area contributed by atoms with Gasteiger partial charge in [0.05, 0.1) is 13.4 Å². The summed E-state index contributed by atoms with van der Waals surface area (Å²) in [6.45, 7) is 3.30. The summed E-state index contributed by atoms with van der Waals surface area (Å²) < 4.78 is 9.51. The van der Waals surface area contributed by atoms with Crippen LogP contribution in [0.4, 0.5) is 0 Å². The zero-order chi connectivity index (χ0) is 11.1. The topological polar surface area (TPSA) is 35.5 Å². The molecule has 0 bridgehead atoms. The lowest BCUT2D eigenvalue weighted by molar-refractivity contribution is -0.136. The van der Waals surface area contributed by atoms with Crippen molar-refractivity contribution >= 4 is 12.0 Å². The Labute approximate surface area is 88.6 Å². The first-order valence-corrected chi connectivity index (χ1v) is 4.40. The summed E-state index contributed by atoms with van der Waals surface area (Å²) in [5.74, 6) is -0.419. The van der Waals surface area contributed by atoms with E-state index in [1.807, 2.05) is 30.3 Å². The van der Waals surface area contributed by atoms with Gasteiger partial charge in [-0.25, -0.2) is 4.79 Å². The molecule has 0 saturated heterocycles. The molecule has 0 unspecified atom stereocenters. The molecule has 1 aromatic rings. The maximum atomic E-state index is 11.3. The SMILES string of the molecule is C=COC(=O)C(=Cc1ccccc1)OC. The molecule has 0 radical (unpaired) electrons. The van der Waals surface area contributed by atoms with E-state index in [2.05, 4.69) is 11.3 Å². The van der Waals surface area contributed by atoms with Crippen molar-refractivity contribution in [2.45, 2.75) is 0 Å². The molecule has 78 valence electrons. The predicted octanol–water partition coefficient (Wildman–Crippen LogP) is 2.36. The molecule has 1 aromatic carbocycles. The molecule has 0 fully saturated rings. The number of ether oxygens (including phenoxy) is 2. The van der Waals surface area contributed by atoms with Crippen LogP contribution in [0.15, 0.2) is 48.9 Å². The van der Waals surface area contributed by atoms with E-state index in [4.69, 9.17) is 4.74 Å². The zero-order valence-corrected chi connectivity index (χ0v) is 8.47. The smallest absolute Gasteiger partial charge is 0.378 e. The molecule has 0 amide bonds. The van der Waals surface area contributed by atoms with Gasteiger partial charge in [-0.15, -0.1) is 0 Å². The second-order valence-electron chi connectivity index (χ2n) is 2.70. The van der Waals surface area contributed by atoms with Crippen LogP contribution in [-0.4, -0.2) is 13.1 Å². The van der Waals surface area contributed by atoms with Gasteiger partial charge in [0.15, 0.2) is 0 Å². The van der Waals surface area contributed by atoms with Crippen LogP contribution in [0, 0.1) is 0 Å². The van der Waals surface area contributed by atoms with Crippen molar-refractivity contribution in [1.29, 1.82) is 0 Å². The Kier molecular flexibility index (Phi) is 4.16. The lowest BCUT2D eigenvalue weighted by Gasteiger charge is -2.03. The number of hydrogen-bond donors (Lipinski definition) is 0. The normalized spacial score (nSPS) is 10.6. The fourth-order valence-electron chi connectivity index (χ4n) is 1.04. The van der Waals surface area contributed by atoms with Crippen molar-refractivity contribution in [3.8, 4) is 0 Å². The van der Waals surface area contributed by atoms with Gasteiger partial charge in [0.1, 0.15) is 0 Å². The second-order valence-corrected chi connectivity index (χ2v) is 2.70. The first-order valence-electron chi connectivity index (χ1n) is 4.40. The molecule has 0 heterocycles. The minimum absolute atomic E-state index is 0.140. The van der Waals surface area contributed by atoms with Gasteiger partial charge in [-0.05, 0) is 11.6 Å². The van der Waals surface area contributed by atoms with Gasteiger partial charge in [0, 0.05) is 0 Å². The first kappa shape index (κ1) is 11.0. The number of rotatable bonds is 4. The summed E-state index contributed by atoms with van der Waals surface area (Å²) in [6.07, 6.45) is 2.67. The van der Waals surface area contributed by atoms with E-state index in [0.29, 0.717) is 0 Å². The molecule has 1 rings (SSSR count). The first-order chi connectivity index (χ1) is 7.27. The molecular formula is C12H12O3. The lowest BCUT2D eigenvalue weighted by Crippen LogP contribution is -2.05. The molecular weight excluding hydrogens is 192 g/mol. The van der Waals surface area contributed by atoms with Crippen molar-refractivity contribution in [2.75, 3.05) is 7.11 Å². The molecule has 0 aromatic heterocycles. The van der Waals surface area contributed by atoms with E-state index in [1.54, 1.807) is 6.08 Å². The van der Waals surface area contributed by atoms with Crippen LogP contribution in [0.3, 0.4) is 0 Å². The highest BCUT2D eigenvalue weighted by molar-refractivity contribution is 5.91. The van der Waals surface area contributed by atoms with Gasteiger partial charge in [0.2, 0.25) is 5.76 Å². The summed E-state index contributed by atoms with van der Waals surface area (Å²) in [5.41, 5.74) is 0.871. The Morgan fingerprint density at radius 3 is 2.53 bits per heavy atom. The van der Waals surface area contributed by atoms with E-state index in [1.165, 1.54) is 7.11 Å². The molecule has 0 N–H and O–H groups in total. The summed E-state index contributed by atoms with van der Waals surface area (Å²) in [4.78, 5) is 11.3. The summed E-state index contributed by atoms with van der Waals surface area (Å²) in [5, 5.41) is 0. The number of carbonyl (C=O) groups excluding carboxylic acids is 1. The standard InChI is InChI=1S/C12H12O3/c1-3-15-12(13)11(14-2)9-10-7-5-4-6-8-10/h3-9H,1H2,2H3. The third kappa shape index (κ3) is 3.31. The highest BCUT2D eigenvalue weighted by Crippen LogP contribution is 2.08. The summed E-state index contributed by atoms with van der Waals surface area (Å²) in [6, 6.07) is 9.36. The van der Waals surface area contributed by atoms with Gasteiger partial charge >= 0.3 is 5.97 Å². The molecule has 0 aliphatic heterocycles. The van der Waals surface area contributed by atoms with E-state index in [0.717, 1.165) is 11.8 Å². The molecule has 3 nitrogen and oxygen atoms in total. The Morgan fingerprint density at radius 1 is 1.33 bits per heavy atom. The molecule has 3 heteroatoms. The number of benzene rings is 1. The minimum atomic E-state index is -0.559. The van der Waals surface area contributed by atoms with E-state index in [-0.39, 0.29) is 5.76 Å². The van der Waals surface area contributed by atoms with Crippen LogP contribution in [0.1, 0.15) is 5.56 Å². The maximum absolute atomic E-state index is 11.3. The quantitative estimate of drug-likeness (QED) is 0.429.